The average Bonchev–Trinajstić information content (AvgIpc) is 2.81. The van der Waals surface area contributed by atoms with Gasteiger partial charge in [-0.2, -0.15) is 0 Å². The second kappa shape index (κ2) is 10.2. The van der Waals surface area contributed by atoms with Crippen LogP contribution in [-0.4, -0.2) is 35.0 Å². The zero-order valence-electron chi connectivity index (χ0n) is 17.6. The number of hydrogen-bond acceptors (Lipinski definition) is 5. The number of carboxylic acid groups (broad SMARTS) is 1. The highest BCUT2D eigenvalue weighted by Gasteiger charge is 2.22. The summed E-state index contributed by atoms with van der Waals surface area (Å²) < 4.78 is 5.49. The largest absolute Gasteiger partial charge is 0.482 e. The van der Waals surface area contributed by atoms with Gasteiger partial charge in [-0.1, -0.05) is 42.6 Å². The number of fused-ring (bicyclic) bond motifs is 1. The molecule has 0 bridgehead atoms. The van der Waals surface area contributed by atoms with Crippen LogP contribution < -0.4 is 4.74 Å². The Bertz CT molecular complexity index is 963. The summed E-state index contributed by atoms with van der Waals surface area (Å²) in [5.74, 6) is 0.0568. The van der Waals surface area contributed by atoms with Gasteiger partial charge in [0.25, 0.3) is 0 Å². The summed E-state index contributed by atoms with van der Waals surface area (Å²) in [4.78, 5) is 21.0. The van der Waals surface area contributed by atoms with Crippen LogP contribution in [0.1, 0.15) is 55.2 Å². The van der Waals surface area contributed by atoms with Crippen LogP contribution in [0.25, 0.3) is 5.57 Å². The van der Waals surface area contributed by atoms with E-state index in [2.05, 4.69) is 16.2 Å². The molecule has 0 unspecified atom stereocenters. The van der Waals surface area contributed by atoms with Gasteiger partial charge >= 0.3 is 5.97 Å². The minimum atomic E-state index is -0.979. The molecule has 1 aromatic heterocycles. The summed E-state index contributed by atoms with van der Waals surface area (Å²) in [6.45, 7) is 0.0258. The van der Waals surface area contributed by atoms with Crippen molar-refractivity contribution in [1.82, 2.24) is 4.98 Å². The van der Waals surface area contributed by atoms with E-state index in [0.717, 1.165) is 53.7 Å². The minimum Gasteiger partial charge on any atom is -0.482 e. The Labute approximate surface area is 182 Å². The van der Waals surface area contributed by atoms with E-state index < -0.39 is 5.97 Å². The van der Waals surface area contributed by atoms with E-state index in [-0.39, 0.29) is 6.61 Å². The average molecular weight is 421 g/mol. The summed E-state index contributed by atoms with van der Waals surface area (Å²) >= 11 is 0. The number of ether oxygens (including phenoxy) is 1. The molecular weight excluding hydrogens is 392 g/mol. The predicted molar refractivity (Wildman–Crippen MR) is 119 cm³/mol. The molecule has 1 saturated carbocycles. The summed E-state index contributed by atoms with van der Waals surface area (Å²) in [7, 11) is 0. The lowest BCUT2D eigenvalue weighted by Gasteiger charge is -2.23. The third kappa shape index (κ3) is 5.32. The fraction of sp³-hybridized carbons (Fsp3) is 0.400. The van der Waals surface area contributed by atoms with Crippen LogP contribution in [0.3, 0.4) is 0 Å². The lowest BCUT2D eigenvalue weighted by molar-refractivity contribution is -0.139. The van der Waals surface area contributed by atoms with E-state index in [4.69, 9.17) is 14.7 Å². The first-order chi connectivity index (χ1) is 15.2. The van der Waals surface area contributed by atoms with Gasteiger partial charge in [0.1, 0.15) is 12.4 Å². The second-order valence-corrected chi connectivity index (χ2v) is 8.06. The number of aromatic nitrogens is 1. The van der Waals surface area contributed by atoms with Gasteiger partial charge in [-0.25, -0.2) is 4.79 Å². The zero-order chi connectivity index (χ0) is 21.5. The Morgan fingerprint density at radius 3 is 2.81 bits per heavy atom. The molecule has 2 aliphatic carbocycles. The van der Waals surface area contributed by atoms with E-state index in [1.807, 2.05) is 36.5 Å². The third-order valence-corrected chi connectivity index (χ3v) is 5.95. The van der Waals surface area contributed by atoms with E-state index >= 15 is 0 Å². The Morgan fingerprint density at radius 1 is 1.16 bits per heavy atom. The molecule has 2 aliphatic rings. The molecule has 1 fully saturated rings. The maximum atomic E-state index is 10.9. The van der Waals surface area contributed by atoms with Gasteiger partial charge in [-0.05, 0) is 55.0 Å². The van der Waals surface area contributed by atoms with Gasteiger partial charge in [-0.3, -0.25) is 4.98 Å². The molecule has 1 heterocycles. The minimum absolute atomic E-state index is 0.341. The van der Waals surface area contributed by atoms with Gasteiger partial charge in [0.05, 0.1) is 5.71 Å². The van der Waals surface area contributed by atoms with Gasteiger partial charge < -0.3 is 14.7 Å². The lowest BCUT2D eigenvalue weighted by Crippen LogP contribution is -2.20. The molecule has 6 nitrogen and oxygen atoms in total. The first-order valence-corrected chi connectivity index (χ1v) is 11.0. The normalized spacial score (nSPS) is 16.9. The molecule has 6 heteroatoms. The molecule has 0 spiro atoms. The molecule has 0 aliphatic heterocycles. The van der Waals surface area contributed by atoms with Crippen molar-refractivity contribution in [3.8, 4) is 5.75 Å². The van der Waals surface area contributed by atoms with Gasteiger partial charge in [0.2, 0.25) is 0 Å². The highest BCUT2D eigenvalue weighted by molar-refractivity contribution is 6.01. The first-order valence-electron chi connectivity index (χ1n) is 11.0. The second-order valence-electron chi connectivity index (χ2n) is 8.06. The Balaban J connectivity index is 1.50. The topological polar surface area (TPSA) is 81.0 Å². The van der Waals surface area contributed by atoms with Crippen LogP contribution in [0.5, 0.6) is 5.75 Å². The quantitative estimate of drug-likeness (QED) is 0.486. The van der Waals surface area contributed by atoms with E-state index in [1.54, 1.807) is 6.20 Å². The van der Waals surface area contributed by atoms with Crippen LogP contribution in [0, 0.1) is 5.92 Å². The Hall–Kier alpha value is -3.15. The molecular formula is C25H28N2O4. The highest BCUT2D eigenvalue weighted by Crippen LogP contribution is 2.33. The lowest BCUT2D eigenvalue weighted by atomic mass is 9.84. The van der Waals surface area contributed by atoms with Crippen molar-refractivity contribution < 1.29 is 19.5 Å². The highest BCUT2D eigenvalue weighted by atomic mass is 16.6. The SMILES string of the molecule is O=C(O)COc1cccc2c1CCC=C2CO/N=C(\c1cccnc1)C1CCCCC1. The Kier molecular flexibility index (Phi) is 6.97. The molecule has 31 heavy (non-hydrogen) atoms. The maximum absolute atomic E-state index is 10.9. The van der Waals surface area contributed by atoms with E-state index in [9.17, 15) is 4.79 Å². The first kappa shape index (κ1) is 21.1. The van der Waals surface area contributed by atoms with Gasteiger partial charge in [0, 0.05) is 29.4 Å². The van der Waals surface area contributed by atoms with Crippen LogP contribution in [0.2, 0.25) is 0 Å². The van der Waals surface area contributed by atoms with E-state index in [0.29, 0.717) is 18.3 Å². The van der Waals surface area contributed by atoms with Crippen molar-refractivity contribution in [2.45, 2.75) is 44.9 Å². The molecule has 0 atom stereocenters. The van der Waals surface area contributed by atoms with Crippen molar-refractivity contribution in [1.29, 1.82) is 0 Å². The summed E-state index contributed by atoms with van der Waals surface area (Å²) in [6.07, 6.45) is 13.5. The number of aliphatic carboxylic acids is 1. The molecule has 4 rings (SSSR count). The van der Waals surface area contributed by atoms with Crippen LogP contribution in [0.15, 0.2) is 54.0 Å². The van der Waals surface area contributed by atoms with Crippen molar-refractivity contribution >= 4 is 17.3 Å². The molecule has 0 radical (unpaired) electrons. The number of allylic oxidation sites excluding steroid dienone is 1. The number of benzene rings is 1. The van der Waals surface area contributed by atoms with Crippen molar-refractivity contribution in [3.05, 3.63) is 65.5 Å². The molecule has 1 N–H and O–H groups in total. The molecule has 0 amide bonds. The maximum Gasteiger partial charge on any atom is 0.341 e. The van der Waals surface area contributed by atoms with E-state index in [1.165, 1.54) is 19.3 Å². The monoisotopic (exact) mass is 420 g/mol. The van der Waals surface area contributed by atoms with Gasteiger partial charge in [-0.15, -0.1) is 0 Å². The number of hydrogen-bond donors (Lipinski definition) is 1. The smallest absolute Gasteiger partial charge is 0.341 e. The zero-order valence-corrected chi connectivity index (χ0v) is 17.6. The number of rotatable bonds is 8. The van der Waals surface area contributed by atoms with Gasteiger partial charge in [0.15, 0.2) is 6.61 Å². The molecule has 162 valence electrons. The van der Waals surface area contributed by atoms with Crippen molar-refractivity contribution in [3.63, 3.8) is 0 Å². The van der Waals surface area contributed by atoms with Crippen LogP contribution >= 0.6 is 0 Å². The Morgan fingerprint density at radius 2 is 2.03 bits per heavy atom. The summed E-state index contributed by atoms with van der Waals surface area (Å²) in [5, 5.41) is 13.5. The fourth-order valence-corrected chi connectivity index (χ4v) is 4.46. The molecule has 1 aromatic carbocycles. The van der Waals surface area contributed by atoms with Crippen LogP contribution in [0.4, 0.5) is 0 Å². The number of carboxylic acids is 1. The number of pyridine rings is 1. The molecule has 2 aromatic rings. The van der Waals surface area contributed by atoms with Crippen molar-refractivity contribution in [2.75, 3.05) is 13.2 Å². The third-order valence-electron chi connectivity index (χ3n) is 5.95. The van der Waals surface area contributed by atoms with Crippen LogP contribution in [-0.2, 0) is 16.1 Å². The summed E-state index contributed by atoms with van der Waals surface area (Å²) in [5.41, 5.74) is 5.15. The number of carbonyl (C=O) groups is 1. The number of nitrogens with zero attached hydrogens (tertiary/aromatic N) is 2. The standard InChI is InChI=1S/C25H28N2O4/c28-24(29)17-30-23-13-5-11-21-20(9-4-12-22(21)23)16-31-27-25(18-7-2-1-3-8-18)19-10-6-14-26-15-19/h5-6,9-11,13-15,18H,1-4,7-8,12,16-17H2,(H,28,29)/b27-25-. The number of oxime groups is 1. The summed E-state index contributed by atoms with van der Waals surface area (Å²) in [6, 6.07) is 9.73. The predicted octanol–water partition coefficient (Wildman–Crippen LogP) is 4.88. The van der Waals surface area contributed by atoms with Crippen molar-refractivity contribution in [2.24, 2.45) is 11.1 Å². The molecule has 0 saturated heterocycles. The fourth-order valence-electron chi connectivity index (χ4n) is 4.46.